The van der Waals surface area contributed by atoms with E-state index in [1.807, 2.05) is 0 Å². The maximum atomic E-state index is 13.2. The van der Waals surface area contributed by atoms with Gasteiger partial charge in [-0.1, -0.05) is 25.9 Å². The van der Waals surface area contributed by atoms with Crippen LogP contribution in [-0.2, 0) is 5.41 Å². The van der Waals surface area contributed by atoms with E-state index in [0.29, 0.717) is 6.07 Å². The molecule has 0 aliphatic rings. The Balaban J connectivity index is 2.69. The number of hydrogen-bond acceptors (Lipinski definition) is 3. The SMILES string of the molecule is CC(C)(C)c1onc(-c2cc(F)cc(F)c2)c1C(=O)O. The zero-order chi connectivity index (χ0) is 15.1. The number of aromatic carboxylic acids is 1. The second-order valence-corrected chi connectivity index (χ2v) is 5.45. The molecule has 0 aliphatic carbocycles. The molecule has 0 radical (unpaired) electrons. The molecule has 0 saturated heterocycles. The van der Waals surface area contributed by atoms with Crippen LogP contribution < -0.4 is 0 Å². The summed E-state index contributed by atoms with van der Waals surface area (Å²) in [5, 5.41) is 13.0. The van der Waals surface area contributed by atoms with E-state index >= 15 is 0 Å². The molecular weight excluding hydrogens is 268 g/mol. The van der Waals surface area contributed by atoms with Gasteiger partial charge in [-0.15, -0.1) is 0 Å². The maximum Gasteiger partial charge on any atom is 0.341 e. The van der Waals surface area contributed by atoms with Crippen molar-refractivity contribution in [3.8, 4) is 11.3 Å². The molecule has 1 heterocycles. The Labute approximate surface area is 114 Å². The van der Waals surface area contributed by atoms with E-state index in [9.17, 15) is 18.7 Å². The van der Waals surface area contributed by atoms with Gasteiger partial charge in [0, 0.05) is 17.0 Å². The monoisotopic (exact) mass is 281 g/mol. The van der Waals surface area contributed by atoms with Crippen molar-refractivity contribution in [2.24, 2.45) is 0 Å². The molecule has 0 fully saturated rings. The summed E-state index contributed by atoms with van der Waals surface area (Å²) in [6, 6.07) is 2.73. The van der Waals surface area contributed by atoms with Crippen molar-refractivity contribution < 1.29 is 23.2 Å². The van der Waals surface area contributed by atoms with Crippen molar-refractivity contribution in [1.29, 1.82) is 0 Å². The molecule has 1 aromatic carbocycles. The first-order chi connectivity index (χ1) is 9.20. The number of hydrogen-bond donors (Lipinski definition) is 1. The fourth-order valence-electron chi connectivity index (χ4n) is 1.89. The van der Waals surface area contributed by atoms with Gasteiger partial charge in [-0.2, -0.15) is 0 Å². The minimum atomic E-state index is -1.25. The molecule has 1 aromatic heterocycles. The smallest absolute Gasteiger partial charge is 0.341 e. The van der Waals surface area contributed by atoms with E-state index in [1.165, 1.54) is 0 Å². The van der Waals surface area contributed by atoms with E-state index < -0.39 is 23.0 Å². The van der Waals surface area contributed by atoms with Gasteiger partial charge in [0.25, 0.3) is 0 Å². The second kappa shape index (κ2) is 4.70. The molecule has 0 atom stereocenters. The zero-order valence-electron chi connectivity index (χ0n) is 11.2. The van der Waals surface area contributed by atoms with Gasteiger partial charge in [0.2, 0.25) is 0 Å². The fraction of sp³-hybridized carbons (Fsp3) is 0.286. The lowest BCUT2D eigenvalue weighted by Gasteiger charge is -2.14. The maximum absolute atomic E-state index is 13.2. The van der Waals surface area contributed by atoms with Crippen LogP contribution >= 0.6 is 0 Å². The molecule has 20 heavy (non-hydrogen) atoms. The van der Waals surface area contributed by atoms with Crippen molar-refractivity contribution in [2.45, 2.75) is 26.2 Å². The fourth-order valence-corrected chi connectivity index (χ4v) is 1.89. The predicted octanol–water partition coefficient (Wildman–Crippen LogP) is 3.62. The second-order valence-electron chi connectivity index (χ2n) is 5.45. The van der Waals surface area contributed by atoms with Crippen molar-refractivity contribution in [1.82, 2.24) is 5.16 Å². The normalized spacial score (nSPS) is 11.7. The van der Waals surface area contributed by atoms with Gasteiger partial charge in [-0.3, -0.25) is 0 Å². The van der Waals surface area contributed by atoms with Gasteiger partial charge in [0.1, 0.15) is 22.9 Å². The highest BCUT2D eigenvalue weighted by molar-refractivity contribution is 5.96. The topological polar surface area (TPSA) is 63.3 Å². The summed E-state index contributed by atoms with van der Waals surface area (Å²) >= 11 is 0. The lowest BCUT2D eigenvalue weighted by atomic mass is 9.89. The highest BCUT2D eigenvalue weighted by Crippen LogP contribution is 2.33. The molecular formula is C14H13F2NO3. The van der Waals surface area contributed by atoms with Crippen LogP contribution in [0, 0.1) is 11.6 Å². The van der Waals surface area contributed by atoms with Gasteiger partial charge in [0.05, 0.1) is 0 Å². The molecule has 2 rings (SSSR count). The summed E-state index contributed by atoms with van der Waals surface area (Å²) < 4.78 is 31.6. The van der Waals surface area contributed by atoms with Gasteiger partial charge < -0.3 is 9.63 Å². The van der Waals surface area contributed by atoms with Crippen molar-refractivity contribution in [3.05, 3.63) is 41.2 Å². The van der Waals surface area contributed by atoms with Gasteiger partial charge in [-0.25, -0.2) is 13.6 Å². The summed E-state index contributed by atoms with van der Waals surface area (Å²) in [7, 11) is 0. The Morgan fingerprint density at radius 3 is 2.20 bits per heavy atom. The highest BCUT2D eigenvalue weighted by atomic mass is 19.1. The standard InChI is InChI=1S/C14H13F2NO3/c1-14(2,3)12-10(13(18)19)11(17-20-12)7-4-8(15)6-9(16)5-7/h4-6H,1-3H3,(H,18,19). The van der Waals surface area contributed by atoms with E-state index in [4.69, 9.17) is 4.52 Å². The average molecular weight is 281 g/mol. The van der Waals surface area contributed by atoms with E-state index in [1.54, 1.807) is 20.8 Å². The number of carboxylic acid groups (broad SMARTS) is 1. The number of aromatic nitrogens is 1. The molecule has 0 aliphatic heterocycles. The van der Waals surface area contributed by atoms with Gasteiger partial charge >= 0.3 is 5.97 Å². The molecule has 0 amide bonds. The van der Waals surface area contributed by atoms with Crippen LogP contribution in [-0.4, -0.2) is 16.2 Å². The van der Waals surface area contributed by atoms with Gasteiger partial charge in [0.15, 0.2) is 5.76 Å². The lowest BCUT2D eigenvalue weighted by molar-refractivity contribution is 0.0692. The summed E-state index contributed by atoms with van der Waals surface area (Å²) in [6.45, 7) is 5.28. The first kappa shape index (κ1) is 14.2. The predicted molar refractivity (Wildman–Crippen MR) is 67.5 cm³/mol. The third-order valence-electron chi connectivity index (χ3n) is 2.72. The minimum absolute atomic E-state index is 0.0270. The van der Waals surface area contributed by atoms with Crippen LogP contribution in [0.2, 0.25) is 0 Å². The van der Waals surface area contributed by atoms with E-state index in [2.05, 4.69) is 5.16 Å². The molecule has 2 aromatic rings. The van der Waals surface area contributed by atoms with E-state index in [0.717, 1.165) is 12.1 Å². The molecule has 0 saturated carbocycles. The third-order valence-corrected chi connectivity index (χ3v) is 2.72. The van der Waals surface area contributed by atoms with Crippen LogP contribution in [0.15, 0.2) is 22.7 Å². The van der Waals surface area contributed by atoms with Crippen LogP contribution in [0.25, 0.3) is 11.3 Å². The number of carboxylic acids is 1. The van der Waals surface area contributed by atoms with Crippen LogP contribution in [0.3, 0.4) is 0 Å². The van der Waals surface area contributed by atoms with Crippen LogP contribution in [0.4, 0.5) is 8.78 Å². The number of halogens is 2. The van der Waals surface area contributed by atoms with Crippen LogP contribution in [0.5, 0.6) is 0 Å². The number of benzene rings is 1. The molecule has 0 unspecified atom stereocenters. The average Bonchev–Trinajstić information content (AvgIpc) is 2.71. The molecule has 0 spiro atoms. The Morgan fingerprint density at radius 1 is 1.20 bits per heavy atom. The molecule has 0 bridgehead atoms. The number of nitrogens with zero attached hydrogens (tertiary/aromatic N) is 1. The summed E-state index contributed by atoms with van der Waals surface area (Å²) in [4.78, 5) is 11.4. The van der Waals surface area contributed by atoms with Crippen molar-refractivity contribution in [3.63, 3.8) is 0 Å². The largest absolute Gasteiger partial charge is 0.477 e. The highest BCUT2D eigenvalue weighted by Gasteiger charge is 2.31. The summed E-state index contributed by atoms with van der Waals surface area (Å²) in [5.74, 6) is -2.71. The Kier molecular flexibility index (Phi) is 3.33. The summed E-state index contributed by atoms with van der Waals surface area (Å²) in [6.07, 6.45) is 0. The Bertz CT molecular complexity index is 651. The minimum Gasteiger partial charge on any atom is -0.477 e. The molecule has 6 heteroatoms. The van der Waals surface area contributed by atoms with Crippen LogP contribution in [0.1, 0.15) is 36.9 Å². The molecule has 106 valence electrons. The first-order valence-corrected chi connectivity index (χ1v) is 5.90. The first-order valence-electron chi connectivity index (χ1n) is 5.90. The summed E-state index contributed by atoms with van der Waals surface area (Å²) in [5.41, 5.74) is -0.826. The quantitative estimate of drug-likeness (QED) is 0.913. The zero-order valence-corrected chi connectivity index (χ0v) is 11.2. The molecule has 1 N–H and O–H groups in total. The lowest BCUT2D eigenvalue weighted by Crippen LogP contribution is -2.15. The van der Waals surface area contributed by atoms with Crippen molar-refractivity contribution in [2.75, 3.05) is 0 Å². The van der Waals surface area contributed by atoms with Crippen molar-refractivity contribution >= 4 is 5.97 Å². The molecule has 4 nitrogen and oxygen atoms in total. The Morgan fingerprint density at radius 2 is 1.75 bits per heavy atom. The Hall–Kier alpha value is -2.24. The van der Waals surface area contributed by atoms with Gasteiger partial charge in [-0.05, 0) is 12.1 Å². The van der Waals surface area contributed by atoms with E-state index in [-0.39, 0.29) is 22.6 Å². The number of rotatable bonds is 2. The third kappa shape index (κ3) is 2.54. The number of carbonyl (C=O) groups is 1.